The van der Waals surface area contributed by atoms with Gasteiger partial charge in [0.05, 0.1) is 5.56 Å². The van der Waals surface area contributed by atoms with Gasteiger partial charge in [-0.15, -0.1) is 0 Å². The van der Waals surface area contributed by atoms with Crippen LogP contribution in [0.5, 0.6) is 5.75 Å². The van der Waals surface area contributed by atoms with Crippen molar-refractivity contribution in [1.29, 1.82) is 0 Å². The van der Waals surface area contributed by atoms with E-state index in [2.05, 4.69) is 20.8 Å². The molecule has 1 heterocycles. The first kappa shape index (κ1) is 12.6. The minimum absolute atomic E-state index is 0.119. The predicted octanol–water partition coefficient (Wildman–Crippen LogP) is 2.95. The van der Waals surface area contributed by atoms with Crippen LogP contribution in [0, 0.1) is 0 Å². The van der Waals surface area contributed by atoms with Gasteiger partial charge in [-0.05, 0) is 38.1 Å². The number of likely N-dealkylation sites (tertiary alicyclic amines) is 1. The standard InChI is InChI=1S/C13H16BrNO2/c14-12-6-10(13(17)11(7-12)9-16)8-15-4-2-1-3-5-15/h6-7,9,17H,1-5,8H2. The molecule has 3 nitrogen and oxygen atoms in total. The zero-order chi connectivity index (χ0) is 12.3. The van der Waals surface area contributed by atoms with Crippen LogP contribution in [0.2, 0.25) is 0 Å². The number of carbonyl (C=O) groups excluding carboxylic acids is 1. The van der Waals surface area contributed by atoms with E-state index in [9.17, 15) is 9.90 Å². The summed E-state index contributed by atoms with van der Waals surface area (Å²) >= 11 is 3.36. The van der Waals surface area contributed by atoms with E-state index in [-0.39, 0.29) is 5.75 Å². The Morgan fingerprint density at radius 1 is 1.29 bits per heavy atom. The summed E-state index contributed by atoms with van der Waals surface area (Å²) in [5.74, 6) is 0.119. The Labute approximate surface area is 110 Å². The minimum Gasteiger partial charge on any atom is -0.507 e. The molecule has 17 heavy (non-hydrogen) atoms. The van der Waals surface area contributed by atoms with Crippen molar-refractivity contribution in [3.8, 4) is 5.75 Å². The highest BCUT2D eigenvalue weighted by Gasteiger charge is 2.14. The van der Waals surface area contributed by atoms with Crippen LogP contribution in [-0.2, 0) is 6.54 Å². The average Bonchev–Trinajstić information content (AvgIpc) is 2.34. The Balaban J connectivity index is 2.19. The second-order valence-corrected chi connectivity index (χ2v) is 5.37. The molecule has 0 saturated carbocycles. The molecule has 0 bridgehead atoms. The Hall–Kier alpha value is -0.870. The summed E-state index contributed by atoms with van der Waals surface area (Å²) in [5.41, 5.74) is 1.18. The highest BCUT2D eigenvalue weighted by atomic mass is 79.9. The Morgan fingerprint density at radius 3 is 2.65 bits per heavy atom. The predicted molar refractivity (Wildman–Crippen MR) is 70.3 cm³/mol. The molecule has 1 aliphatic rings. The molecule has 0 radical (unpaired) electrons. The lowest BCUT2D eigenvalue weighted by atomic mass is 10.1. The van der Waals surface area contributed by atoms with E-state index in [1.54, 1.807) is 6.07 Å². The van der Waals surface area contributed by atoms with Gasteiger partial charge < -0.3 is 5.11 Å². The summed E-state index contributed by atoms with van der Waals surface area (Å²) in [4.78, 5) is 13.1. The van der Waals surface area contributed by atoms with Crippen molar-refractivity contribution < 1.29 is 9.90 Å². The smallest absolute Gasteiger partial charge is 0.153 e. The third-order valence-electron chi connectivity index (χ3n) is 3.15. The normalized spacial score (nSPS) is 17.0. The number of hydrogen-bond donors (Lipinski definition) is 1. The summed E-state index contributed by atoms with van der Waals surface area (Å²) in [6.45, 7) is 2.86. The molecule has 1 aromatic carbocycles. The molecule has 0 spiro atoms. The lowest BCUT2D eigenvalue weighted by Crippen LogP contribution is -2.29. The number of halogens is 1. The van der Waals surface area contributed by atoms with Gasteiger partial charge in [0.25, 0.3) is 0 Å². The van der Waals surface area contributed by atoms with E-state index >= 15 is 0 Å². The summed E-state index contributed by atoms with van der Waals surface area (Å²) < 4.78 is 0.837. The third-order valence-corrected chi connectivity index (χ3v) is 3.61. The number of aromatic hydroxyl groups is 1. The summed E-state index contributed by atoms with van der Waals surface area (Å²) in [6.07, 6.45) is 4.42. The molecule has 1 aliphatic heterocycles. The number of hydrogen-bond acceptors (Lipinski definition) is 3. The number of phenols is 1. The number of carbonyl (C=O) groups is 1. The van der Waals surface area contributed by atoms with Crippen LogP contribution < -0.4 is 0 Å². The van der Waals surface area contributed by atoms with Crippen LogP contribution in [-0.4, -0.2) is 29.4 Å². The van der Waals surface area contributed by atoms with Crippen molar-refractivity contribution in [2.75, 3.05) is 13.1 Å². The molecule has 0 aromatic heterocycles. The lowest BCUT2D eigenvalue weighted by Gasteiger charge is -2.26. The lowest BCUT2D eigenvalue weighted by molar-refractivity contribution is 0.112. The maximum Gasteiger partial charge on any atom is 0.153 e. The number of aldehydes is 1. The van der Waals surface area contributed by atoms with E-state index in [4.69, 9.17) is 0 Å². The second-order valence-electron chi connectivity index (χ2n) is 4.46. The van der Waals surface area contributed by atoms with E-state index in [1.165, 1.54) is 19.3 Å². The Kier molecular flexibility index (Phi) is 4.18. The second kappa shape index (κ2) is 5.65. The van der Waals surface area contributed by atoms with Crippen LogP contribution in [0.4, 0.5) is 0 Å². The van der Waals surface area contributed by atoms with Gasteiger partial charge in [-0.3, -0.25) is 9.69 Å². The summed E-state index contributed by atoms with van der Waals surface area (Å²) in [6, 6.07) is 3.53. The van der Waals surface area contributed by atoms with Crippen molar-refractivity contribution in [3.63, 3.8) is 0 Å². The number of benzene rings is 1. The zero-order valence-electron chi connectivity index (χ0n) is 9.66. The molecule has 0 unspecified atom stereocenters. The van der Waals surface area contributed by atoms with Gasteiger partial charge in [0.1, 0.15) is 5.75 Å². The van der Waals surface area contributed by atoms with Crippen molar-refractivity contribution >= 4 is 22.2 Å². The Morgan fingerprint density at radius 2 is 2.00 bits per heavy atom. The number of rotatable bonds is 3. The zero-order valence-corrected chi connectivity index (χ0v) is 11.2. The quantitative estimate of drug-likeness (QED) is 0.872. The van der Waals surface area contributed by atoms with E-state index in [0.717, 1.165) is 23.1 Å². The monoisotopic (exact) mass is 297 g/mol. The maximum absolute atomic E-state index is 10.8. The third kappa shape index (κ3) is 3.07. The number of nitrogens with zero attached hydrogens (tertiary/aromatic N) is 1. The highest BCUT2D eigenvalue weighted by molar-refractivity contribution is 9.10. The molecular weight excluding hydrogens is 282 g/mol. The van der Waals surface area contributed by atoms with E-state index in [1.807, 2.05) is 6.07 Å². The van der Waals surface area contributed by atoms with Gasteiger partial charge >= 0.3 is 0 Å². The molecule has 0 aliphatic carbocycles. The molecule has 0 amide bonds. The molecule has 2 rings (SSSR count). The van der Waals surface area contributed by atoms with Gasteiger partial charge in [0.15, 0.2) is 6.29 Å². The van der Waals surface area contributed by atoms with Gasteiger partial charge in [-0.25, -0.2) is 0 Å². The topological polar surface area (TPSA) is 40.5 Å². The largest absolute Gasteiger partial charge is 0.507 e. The van der Waals surface area contributed by atoms with Crippen molar-refractivity contribution in [2.24, 2.45) is 0 Å². The Bertz CT molecular complexity index is 414. The van der Waals surface area contributed by atoms with Crippen molar-refractivity contribution in [2.45, 2.75) is 25.8 Å². The molecule has 92 valence electrons. The number of piperidine rings is 1. The SMILES string of the molecule is O=Cc1cc(Br)cc(CN2CCCCC2)c1O. The molecule has 1 N–H and O–H groups in total. The van der Waals surface area contributed by atoms with Gasteiger partial charge in [-0.1, -0.05) is 22.4 Å². The fourth-order valence-corrected chi connectivity index (χ4v) is 2.77. The van der Waals surface area contributed by atoms with Crippen molar-refractivity contribution in [1.82, 2.24) is 4.90 Å². The first-order valence-electron chi connectivity index (χ1n) is 5.89. The molecular formula is C13H16BrNO2. The van der Waals surface area contributed by atoms with E-state index < -0.39 is 0 Å². The first-order valence-corrected chi connectivity index (χ1v) is 6.69. The molecule has 1 fully saturated rings. The summed E-state index contributed by atoms with van der Waals surface area (Å²) in [5, 5.41) is 9.97. The molecule has 4 heteroatoms. The fourth-order valence-electron chi connectivity index (χ4n) is 2.25. The minimum atomic E-state index is 0.119. The van der Waals surface area contributed by atoms with Crippen LogP contribution >= 0.6 is 15.9 Å². The van der Waals surface area contributed by atoms with Gasteiger partial charge in [0, 0.05) is 16.6 Å². The fraction of sp³-hybridized carbons (Fsp3) is 0.462. The summed E-state index contributed by atoms with van der Waals surface area (Å²) in [7, 11) is 0. The van der Waals surface area contributed by atoms with Crippen LogP contribution in [0.3, 0.4) is 0 Å². The first-order chi connectivity index (χ1) is 8.20. The van der Waals surface area contributed by atoms with E-state index in [0.29, 0.717) is 18.4 Å². The van der Waals surface area contributed by atoms with Gasteiger partial charge in [-0.2, -0.15) is 0 Å². The van der Waals surface area contributed by atoms with Crippen molar-refractivity contribution in [3.05, 3.63) is 27.7 Å². The highest BCUT2D eigenvalue weighted by Crippen LogP contribution is 2.28. The van der Waals surface area contributed by atoms with Crippen LogP contribution in [0.15, 0.2) is 16.6 Å². The molecule has 1 aromatic rings. The average molecular weight is 298 g/mol. The number of phenolic OH excluding ortho intramolecular Hbond substituents is 1. The van der Waals surface area contributed by atoms with Crippen LogP contribution in [0.1, 0.15) is 35.2 Å². The van der Waals surface area contributed by atoms with Crippen LogP contribution in [0.25, 0.3) is 0 Å². The molecule has 1 saturated heterocycles. The molecule has 0 atom stereocenters. The van der Waals surface area contributed by atoms with Gasteiger partial charge in [0.2, 0.25) is 0 Å². The maximum atomic E-state index is 10.8.